The molecule has 2 aromatic heterocycles. The molecule has 0 aliphatic carbocycles. The molecular formula is C21H18N2O4. The highest BCUT2D eigenvalue weighted by Gasteiger charge is 2.33. The maximum Gasteiger partial charge on any atom is 0.312 e. The summed E-state index contributed by atoms with van der Waals surface area (Å²) < 4.78 is 11.3. The normalized spacial score (nSPS) is 15.7. The van der Waals surface area contributed by atoms with E-state index in [1.54, 1.807) is 19.2 Å². The Labute approximate surface area is 155 Å². The van der Waals surface area contributed by atoms with Gasteiger partial charge in [-0.15, -0.1) is 0 Å². The van der Waals surface area contributed by atoms with Gasteiger partial charge in [-0.2, -0.15) is 0 Å². The van der Waals surface area contributed by atoms with Crippen molar-refractivity contribution in [3.8, 4) is 11.5 Å². The zero-order chi connectivity index (χ0) is 18.8. The number of aromatic amines is 1. The Kier molecular flexibility index (Phi) is 4.46. The summed E-state index contributed by atoms with van der Waals surface area (Å²) in [7, 11) is 0. The molecule has 27 heavy (non-hydrogen) atoms. The number of carbonyl (C=O) groups excluding carboxylic acids is 1. The van der Waals surface area contributed by atoms with Crippen molar-refractivity contribution in [2.24, 2.45) is 0 Å². The lowest BCUT2D eigenvalue weighted by Gasteiger charge is -2.25. The number of carbonyl (C=O) groups is 1. The van der Waals surface area contributed by atoms with Gasteiger partial charge in [0, 0.05) is 29.4 Å². The number of esters is 1. The van der Waals surface area contributed by atoms with E-state index in [-0.39, 0.29) is 17.9 Å². The highest BCUT2D eigenvalue weighted by Crippen LogP contribution is 2.40. The van der Waals surface area contributed by atoms with E-state index in [1.165, 1.54) is 0 Å². The lowest BCUT2D eigenvalue weighted by molar-refractivity contribution is -0.135. The standard InChI is InChI=1S/C21H18N2O4/c1-13-10-18-20(21(25)23-13)16(11-19(24)27-18)15-7-2-3-8-17(15)26-12-14-6-4-5-9-22-14/h2-10,16H,11-12H2,1H3,(H,23,25). The van der Waals surface area contributed by atoms with E-state index in [4.69, 9.17) is 9.47 Å². The van der Waals surface area contributed by atoms with E-state index in [0.29, 0.717) is 29.4 Å². The molecule has 1 atom stereocenters. The van der Waals surface area contributed by atoms with Crippen LogP contribution in [0.4, 0.5) is 0 Å². The molecular weight excluding hydrogens is 344 g/mol. The molecule has 6 nitrogen and oxygen atoms in total. The monoisotopic (exact) mass is 362 g/mol. The first-order valence-electron chi connectivity index (χ1n) is 8.68. The largest absolute Gasteiger partial charge is 0.487 e. The molecule has 1 aromatic carbocycles. The number of benzene rings is 1. The van der Waals surface area contributed by atoms with E-state index in [0.717, 1.165) is 11.3 Å². The van der Waals surface area contributed by atoms with Crippen molar-refractivity contribution in [3.63, 3.8) is 0 Å². The second kappa shape index (κ2) is 7.07. The SMILES string of the molecule is Cc1cc2c(c(=O)[nH]1)C(c1ccccc1OCc1ccccn1)CC(=O)O2. The molecule has 0 spiro atoms. The number of ether oxygens (including phenoxy) is 2. The van der Waals surface area contributed by atoms with Crippen LogP contribution in [0.25, 0.3) is 0 Å². The minimum absolute atomic E-state index is 0.0864. The Morgan fingerprint density at radius 1 is 1.19 bits per heavy atom. The van der Waals surface area contributed by atoms with Crippen LogP contribution in [0.15, 0.2) is 59.5 Å². The lowest BCUT2D eigenvalue weighted by atomic mass is 9.86. The van der Waals surface area contributed by atoms with Gasteiger partial charge in [-0.25, -0.2) is 0 Å². The Hall–Kier alpha value is -3.41. The van der Waals surface area contributed by atoms with Crippen molar-refractivity contribution < 1.29 is 14.3 Å². The first-order chi connectivity index (χ1) is 13.1. The number of para-hydroxylation sites is 1. The predicted octanol–water partition coefficient (Wildman–Crippen LogP) is 3.10. The van der Waals surface area contributed by atoms with Crippen LogP contribution in [0.1, 0.15) is 34.9 Å². The van der Waals surface area contributed by atoms with E-state index in [1.807, 2.05) is 42.5 Å². The summed E-state index contributed by atoms with van der Waals surface area (Å²) in [4.78, 5) is 31.8. The third kappa shape index (κ3) is 3.46. The van der Waals surface area contributed by atoms with Crippen LogP contribution in [0.2, 0.25) is 0 Å². The zero-order valence-corrected chi connectivity index (χ0v) is 14.8. The first kappa shape index (κ1) is 17.0. The summed E-state index contributed by atoms with van der Waals surface area (Å²) in [5, 5.41) is 0. The number of pyridine rings is 2. The van der Waals surface area contributed by atoms with Gasteiger partial charge in [0.05, 0.1) is 17.7 Å². The van der Waals surface area contributed by atoms with E-state index >= 15 is 0 Å². The maximum atomic E-state index is 12.6. The Bertz CT molecular complexity index is 1040. The first-order valence-corrected chi connectivity index (χ1v) is 8.68. The predicted molar refractivity (Wildman–Crippen MR) is 98.9 cm³/mol. The van der Waals surface area contributed by atoms with Crippen LogP contribution in [0, 0.1) is 6.92 Å². The summed E-state index contributed by atoms with van der Waals surface area (Å²) in [6, 6.07) is 14.7. The fourth-order valence-electron chi connectivity index (χ4n) is 3.32. The average molecular weight is 362 g/mol. The van der Waals surface area contributed by atoms with Gasteiger partial charge in [-0.1, -0.05) is 24.3 Å². The van der Waals surface area contributed by atoms with Crippen LogP contribution in [0.5, 0.6) is 11.5 Å². The number of aromatic nitrogens is 2. The van der Waals surface area contributed by atoms with Crippen molar-refractivity contribution in [2.75, 3.05) is 0 Å². The van der Waals surface area contributed by atoms with Crippen LogP contribution in [-0.4, -0.2) is 15.9 Å². The third-order valence-electron chi connectivity index (χ3n) is 4.51. The molecule has 1 aliphatic heterocycles. The number of nitrogens with one attached hydrogen (secondary N) is 1. The molecule has 6 heteroatoms. The summed E-state index contributed by atoms with van der Waals surface area (Å²) in [5.41, 5.74) is 2.42. The molecule has 0 fully saturated rings. The number of rotatable bonds is 4. The maximum absolute atomic E-state index is 12.6. The minimum Gasteiger partial charge on any atom is -0.487 e. The van der Waals surface area contributed by atoms with Crippen LogP contribution in [-0.2, 0) is 11.4 Å². The van der Waals surface area contributed by atoms with E-state index < -0.39 is 5.92 Å². The molecule has 4 rings (SSSR count). The molecule has 3 heterocycles. The van der Waals surface area contributed by atoms with Crippen LogP contribution in [0.3, 0.4) is 0 Å². The lowest BCUT2D eigenvalue weighted by Crippen LogP contribution is -2.28. The highest BCUT2D eigenvalue weighted by molar-refractivity contribution is 5.77. The molecule has 3 aromatic rings. The van der Waals surface area contributed by atoms with Gasteiger partial charge in [0.1, 0.15) is 18.1 Å². The Balaban J connectivity index is 1.72. The fraction of sp³-hybridized carbons (Fsp3) is 0.190. The fourth-order valence-corrected chi connectivity index (χ4v) is 3.32. The number of aryl methyl sites for hydroxylation is 1. The van der Waals surface area contributed by atoms with Crippen LogP contribution >= 0.6 is 0 Å². The van der Waals surface area contributed by atoms with Gasteiger partial charge in [0.15, 0.2) is 0 Å². The number of H-pyrrole nitrogens is 1. The van der Waals surface area contributed by atoms with Crippen molar-refractivity contribution in [1.82, 2.24) is 9.97 Å². The smallest absolute Gasteiger partial charge is 0.312 e. The Morgan fingerprint density at radius 3 is 2.81 bits per heavy atom. The zero-order valence-electron chi connectivity index (χ0n) is 14.8. The van der Waals surface area contributed by atoms with Gasteiger partial charge in [-0.05, 0) is 25.1 Å². The van der Waals surface area contributed by atoms with Crippen molar-refractivity contribution in [3.05, 3.63) is 87.6 Å². The molecule has 0 saturated carbocycles. The van der Waals surface area contributed by atoms with Gasteiger partial charge in [0.25, 0.3) is 5.56 Å². The van der Waals surface area contributed by atoms with Crippen molar-refractivity contribution in [2.45, 2.75) is 25.9 Å². The van der Waals surface area contributed by atoms with Gasteiger partial charge >= 0.3 is 5.97 Å². The quantitative estimate of drug-likeness (QED) is 0.721. The minimum atomic E-state index is -0.425. The topological polar surface area (TPSA) is 81.3 Å². The molecule has 0 amide bonds. The van der Waals surface area contributed by atoms with Gasteiger partial charge in [0.2, 0.25) is 0 Å². The summed E-state index contributed by atoms with van der Waals surface area (Å²) in [6.45, 7) is 2.05. The van der Waals surface area contributed by atoms with Gasteiger partial charge < -0.3 is 14.5 Å². The third-order valence-corrected chi connectivity index (χ3v) is 4.51. The van der Waals surface area contributed by atoms with E-state index in [9.17, 15) is 9.59 Å². The molecule has 0 radical (unpaired) electrons. The molecule has 1 aliphatic rings. The van der Waals surface area contributed by atoms with Crippen molar-refractivity contribution >= 4 is 5.97 Å². The second-order valence-electron chi connectivity index (χ2n) is 6.44. The second-order valence-corrected chi connectivity index (χ2v) is 6.44. The molecule has 136 valence electrons. The highest BCUT2D eigenvalue weighted by atomic mass is 16.5. The summed E-state index contributed by atoms with van der Waals surface area (Å²) in [5.74, 6) is 0.147. The number of hydrogen-bond acceptors (Lipinski definition) is 5. The number of nitrogens with zero attached hydrogens (tertiary/aromatic N) is 1. The summed E-state index contributed by atoms with van der Waals surface area (Å²) in [6.07, 6.45) is 1.79. The molecule has 0 saturated heterocycles. The number of hydrogen-bond donors (Lipinski definition) is 1. The average Bonchev–Trinajstić information content (AvgIpc) is 2.66. The number of fused-ring (bicyclic) bond motifs is 1. The Morgan fingerprint density at radius 2 is 2.00 bits per heavy atom. The molecule has 0 bridgehead atoms. The molecule has 1 N–H and O–H groups in total. The van der Waals surface area contributed by atoms with Crippen molar-refractivity contribution in [1.29, 1.82) is 0 Å². The van der Waals surface area contributed by atoms with E-state index in [2.05, 4.69) is 9.97 Å². The summed E-state index contributed by atoms with van der Waals surface area (Å²) >= 11 is 0. The van der Waals surface area contributed by atoms with Crippen LogP contribution < -0.4 is 15.0 Å². The van der Waals surface area contributed by atoms with Gasteiger partial charge in [-0.3, -0.25) is 14.6 Å². The molecule has 1 unspecified atom stereocenters.